The molecule has 18 heavy (non-hydrogen) atoms. The van der Waals surface area contributed by atoms with Crippen molar-refractivity contribution in [2.75, 3.05) is 6.54 Å². The van der Waals surface area contributed by atoms with E-state index in [9.17, 15) is 4.79 Å². The number of ketones is 1. The number of imidazole rings is 1. The Kier molecular flexibility index (Phi) is 3.16. The number of fused-ring (bicyclic) bond motifs is 1. The highest BCUT2D eigenvalue weighted by Crippen LogP contribution is 2.31. The molecule has 1 aliphatic heterocycles. The molecule has 2 unspecified atom stereocenters. The Labute approximate surface area is 111 Å². The van der Waals surface area contributed by atoms with Crippen molar-refractivity contribution in [3.05, 3.63) is 16.7 Å². The van der Waals surface area contributed by atoms with Gasteiger partial charge in [-0.25, -0.2) is 0 Å². The van der Waals surface area contributed by atoms with Gasteiger partial charge in [-0.1, -0.05) is 0 Å². The molecule has 1 aliphatic carbocycles. The number of aromatic amines is 2. The van der Waals surface area contributed by atoms with E-state index in [1.54, 1.807) is 0 Å². The monoisotopic (exact) mass is 263 g/mol. The fourth-order valence-corrected chi connectivity index (χ4v) is 3.24. The summed E-state index contributed by atoms with van der Waals surface area (Å²) < 4.78 is 0.633. The number of H-pyrrole nitrogens is 2. The van der Waals surface area contributed by atoms with Gasteiger partial charge >= 0.3 is 0 Å². The summed E-state index contributed by atoms with van der Waals surface area (Å²) in [7, 11) is 0. The molecule has 96 valence electrons. The number of hydrogen-bond donors (Lipinski definition) is 2. The summed E-state index contributed by atoms with van der Waals surface area (Å²) in [4.78, 5) is 23.0. The third-order valence-electron chi connectivity index (χ3n) is 3.98. The molecule has 0 saturated heterocycles. The van der Waals surface area contributed by atoms with Crippen molar-refractivity contribution in [2.24, 2.45) is 16.8 Å². The molecule has 1 aromatic rings. The summed E-state index contributed by atoms with van der Waals surface area (Å²) in [6.45, 7) is 0.911. The fourth-order valence-electron chi connectivity index (χ4n) is 3.05. The Morgan fingerprint density at radius 1 is 1.44 bits per heavy atom. The maximum absolute atomic E-state index is 12.4. The molecule has 1 aromatic heterocycles. The van der Waals surface area contributed by atoms with E-state index in [0.29, 0.717) is 10.6 Å². The molecule has 2 atom stereocenters. The van der Waals surface area contributed by atoms with E-state index < -0.39 is 0 Å². The second-order valence-electron chi connectivity index (χ2n) is 5.18. The van der Waals surface area contributed by atoms with Gasteiger partial charge in [0.05, 0.1) is 5.92 Å². The standard InChI is InChI=1S/C13H17N3OS/c17-12-8(6-9-7-15-13(18)16-9)3-4-11-10(12)2-1-5-14-11/h7-8,10H,1-6H2,(H2,15,16,18). The van der Waals surface area contributed by atoms with E-state index >= 15 is 0 Å². The van der Waals surface area contributed by atoms with Gasteiger partial charge in [0, 0.05) is 30.1 Å². The average molecular weight is 263 g/mol. The lowest BCUT2D eigenvalue weighted by molar-refractivity contribution is -0.126. The van der Waals surface area contributed by atoms with Crippen LogP contribution in [0.25, 0.3) is 0 Å². The minimum absolute atomic E-state index is 0.111. The van der Waals surface area contributed by atoms with E-state index in [4.69, 9.17) is 12.2 Å². The van der Waals surface area contributed by atoms with Crippen LogP contribution < -0.4 is 0 Å². The zero-order chi connectivity index (χ0) is 12.5. The van der Waals surface area contributed by atoms with Gasteiger partial charge in [0.15, 0.2) is 4.77 Å². The van der Waals surface area contributed by atoms with Crippen molar-refractivity contribution in [3.63, 3.8) is 0 Å². The molecule has 2 heterocycles. The van der Waals surface area contributed by atoms with Crippen LogP contribution in [-0.4, -0.2) is 28.0 Å². The molecule has 0 aromatic carbocycles. The molecule has 0 spiro atoms. The summed E-state index contributed by atoms with van der Waals surface area (Å²) in [5.41, 5.74) is 2.19. The van der Waals surface area contributed by atoms with E-state index in [2.05, 4.69) is 15.0 Å². The molecule has 2 aliphatic rings. The second-order valence-corrected chi connectivity index (χ2v) is 5.59. The molecule has 3 rings (SSSR count). The predicted molar refractivity (Wildman–Crippen MR) is 72.4 cm³/mol. The summed E-state index contributed by atoms with van der Waals surface area (Å²) >= 11 is 5.01. The van der Waals surface area contributed by atoms with Crippen LogP contribution in [0.1, 0.15) is 31.4 Å². The maximum Gasteiger partial charge on any atom is 0.174 e. The van der Waals surface area contributed by atoms with Crippen molar-refractivity contribution in [3.8, 4) is 0 Å². The molecular formula is C13H17N3OS. The average Bonchev–Trinajstić information content (AvgIpc) is 2.79. The van der Waals surface area contributed by atoms with Crippen molar-refractivity contribution in [2.45, 2.75) is 32.1 Å². The number of carbonyl (C=O) groups is 1. The van der Waals surface area contributed by atoms with Gasteiger partial charge in [-0.3, -0.25) is 9.79 Å². The largest absolute Gasteiger partial charge is 0.337 e. The normalized spacial score (nSPS) is 27.8. The summed E-state index contributed by atoms with van der Waals surface area (Å²) in [5.74, 6) is 0.633. The SMILES string of the molecule is O=C1C(Cc2c[nH]c(=S)[nH]2)CCC2=NCCCC12. The predicted octanol–water partition coefficient (Wildman–Crippen LogP) is 2.44. The van der Waals surface area contributed by atoms with Crippen LogP contribution in [0.4, 0.5) is 0 Å². The van der Waals surface area contributed by atoms with Gasteiger partial charge in [-0.15, -0.1) is 0 Å². The Hall–Kier alpha value is -1.23. The first kappa shape index (κ1) is 11.8. The number of aliphatic imine (C=N–C) groups is 1. The number of hydrogen-bond acceptors (Lipinski definition) is 3. The van der Waals surface area contributed by atoms with Crippen molar-refractivity contribution < 1.29 is 4.79 Å². The van der Waals surface area contributed by atoms with Crippen LogP contribution in [-0.2, 0) is 11.2 Å². The first-order valence-corrected chi connectivity index (χ1v) is 6.98. The molecule has 0 amide bonds. The second kappa shape index (κ2) is 4.80. The van der Waals surface area contributed by atoms with E-state index in [1.165, 1.54) is 0 Å². The summed E-state index contributed by atoms with van der Waals surface area (Å²) in [5, 5.41) is 0. The zero-order valence-corrected chi connectivity index (χ0v) is 11.1. The van der Waals surface area contributed by atoms with E-state index in [-0.39, 0.29) is 11.8 Å². The molecule has 2 N–H and O–H groups in total. The van der Waals surface area contributed by atoms with Crippen LogP contribution in [0, 0.1) is 16.6 Å². The number of carbonyl (C=O) groups excluding carboxylic acids is 1. The van der Waals surface area contributed by atoms with Gasteiger partial charge in [-0.05, 0) is 44.3 Å². The quantitative estimate of drug-likeness (QED) is 0.805. The highest BCUT2D eigenvalue weighted by Gasteiger charge is 2.36. The van der Waals surface area contributed by atoms with Crippen molar-refractivity contribution in [1.82, 2.24) is 9.97 Å². The van der Waals surface area contributed by atoms with E-state index in [1.807, 2.05) is 6.20 Å². The first-order chi connectivity index (χ1) is 8.74. The lowest BCUT2D eigenvalue weighted by Gasteiger charge is -2.31. The number of nitrogens with one attached hydrogen (secondary N) is 2. The van der Waals surface area contributed by atoms with Crippen LogP contribution in [0.2, 0.25) is 0 Å². The summed E-state index contributed by atoms with van der Waals surface area (Å²) in [6.07, 6.45) is 6.62. The third-order valence-corrected chi connectivity index (χ3v) is 4.20. The third kappa shape index (κ3) is 2.19. The van der Waals surface area contributed by atoms with Gasteiger partial charge in [0.2, 0.25) is 0 Å². The van der Waals surface area contributed by atoms with Crippen LogP contribution >= 0.6 is 12.2 Å². The smallest absolute Gasteiger partial charge is 0.174 e. The fraction of sp³-hybridized carbons (Fsp3) is 0.615. The topological polar surface area (TPSA) is 61.0 Å². The summed E-state index contributed by atoms with van der Waals surface area (Å²) in [6, 6.07) is 0. The van der Waals surface area contributed by atoms with Gasteiger partial charge < -0.3 is 9.97 Å². The first-order valence-electron chi connectivity index (χ1n) is 6.57. The minimum atomic E-state index is 0.111. The molecule has 1 fully saturated rings. The number of Topliss-reactive ketones (excluding diaryl/α,β-unsaturated/α-hetero) is 1. The Balaban J connectivity index is 1.75. The minimum Gasteiger partial charge on any atom is -0.337 e. The van der Waals surface area contributed by atoms with Crippen LogP contribution in [0.15, 0.2) is 11.2 Å². The highest BCUT2D eigenvalue weighted by molar-refractivity contribution is 7.71. The van der Waals surface area contributed by atoms with Crippen molar-refractivity contribution in [1.29, 1.82) is 0 Å². The number of nitrogens with zero attached hydrogens (tertiary/aromatic N) is 1. The van der Waals surface area contributed by atoms with E-state index in [0.717, 1.165) is 50.1 Å². The molecule has 4 nitrogen and oxygen atoms in total. The molecule has 0 bridgehead atoms. The Morgan fingerprint density at radius 2 is 2.33 bits per heavy atom. The van der Waals surface area contributed by atoms with Crippen LogP contribution in [0.3, 0.4) is 0 Å². The van der Waals surface area contributed by atoms with Gasteiger partial charge in [0.25, 0.3) is 0 Å². The Morgan fingerprint density at radius 3 is 3.11 bits per heavy atom. The number of rotatable bonds is 2. The molecular weight excluding hydrogens is 246 g/mol. The van der Waals surface area contributed by atoms with Gasteiger partial charge in [-0.2, -0.15) is 0 Å². The molecule has 0 radical (unpaired) electrons. The highest BCUT2D eigenvalue weighted by atomic mass is 32.1. The lowest BCUT2D eigenvalue weighted by atomic mass is 9.74. The zero-order valence-electron chi connectivity index (χ0n) is 10.2. The Bertz CT molecular complexity index is 542. The lowest BCUT2D eigenvalue weighted by Crippen LogP contribution is -2.38. The van der Waals surface area contributed by atoms with Crippen molar-refractivity contribution >= 4 is 23.7 Å². The maximum atomic E-state index is 12.4. The molecule has 1 saturated carbocycles. The van der Waals surface area contributed by atoms with Gasteiger partial charge in [0.1, 0.15) is 5.78 Å². The molecule has 5 heteroatoms. The number of aromatic nitrogens is 2. The van der Waals surface area contributed by atoms with Crippen LogP contribution in [0.5, 0.6) is 0 Å².